The van der Waals surface area contributed by atoms with Gasteiger partial charge in [-0.1, -0.05) is 10.6 Å². The van der Waals surface area contributed by atoms with Gasteiger partial charge < -0.3 is 19.4 Å². The molecular formula is C23H33N5O5P+. The largest absolute Gasteiger partial charge is 0.451 e. The first-order valence-electron chi connectivity index (χ1n) is 11.3. The van der Waals surface area contributed by atoms with Crippen molar-refractivity contribution in [2.75, 3.05) is 11.5 Å². The average Bonchev–Trinajstić information content (AvgIpc) is 3.46. The van der Waals surface area contributed by atoms with Crippen molar-refractivity contribution in [2.24, 2.45) is 10.8 Å². The molecule has 1 N–H and O–H groups in total. The topological polar surface area (TPSA) is 125 Å². The summed E-state index contributed by atoms with van der Waals surface area (Å²) in [5.74, 6) is -0.457. The monoisotopic (exact) mass is 490 g/mol. The summed E-state index contributed by atoms with van der Waals surface area (Å²) < 4.78 is 25.4. The quantitative estimate of drug-likeness (QED) is 0.238. The van der Waals surface area contributed by atoms with Crippen LogP contribution in [0.5, 0.6) is 0 Å². The Balaban J connectivity index is 1.64. The summed E-state index contributed by atoms with van der Waals surface area (Å²) >= 11 is 0. The molecule has 1 fully saturated rings. The number of nitrogens with one attached hydrogen (secondary N) is 1. The first-order valence-corrected chi connectivity index (χ1v) is 12.8. The first kappa shape index (κ1) is 25.7. The molecule has 11 heteroatoms. The lowest BCUT2D eigenvalue weighted by Gasteiger charge is -2.21. The molecule has 0 spiro atoms. The summed E-state index contributed by atoms with van der Waals surface area (Å²) in [5, 5.41) is 3.35. The predicted octanol–water partition coefficient (Wildman–Crippen LogP) is 4.25. The van der Waals surface area contributed by atoms with Crippen LogP contribution in [-0.2, 0) is 30.2 Å². The second kappa shape index (κ2) is 10.2. The van der Waals surface area contributed by atoms with E-state index >= 15 is 0 Å². The van der Waals surface area contributed by atoms with Gasteiger partial charge in [0.25, 0.3) is 0 Å². The lowest BCUT2D eigenvalue weighted by molar-refractivity contribution is -0.184. The zero-order valence-corrected chi connectivity index (χ0v) is 21.5. The number of rotatable bonds is 9. The molecule has 0 radical (unpaired) electrons. The first-order chi connectivity index (χ1) is 15.9. The Kier molecular flexibility index (Phi) is 7.70. The fraction of sp³-hybridized carbons (Fsp3) is 0.609. The van der Waals surface area contributed by atoms with Crippen molar-refractivity contribution < 1.29 is 23.6 Å². The van der Waals surface area contributed by atoms with Crippen molar-refractivity contribution in [1.29, 1.82) is 0 Å². The number of ether oxygens (including phenoxy) is 2. The Morgan fingerprint density at radius 1 is 1.09 bits per heavy atom. The van der Waals surface area contributed by atoms with Crippen LogP contribution in [0.25, 0.3) is 11.2 Å². The van der Waals surface area contributed by atoms with Gasteiger partial charge in [0.05, 0.1) is 17.2 Å². The van der Waals surface area contributed by atoms with Crippen LogP contribution >= 0.6 is 7.80 Å². The Hall–Kier alpha value is -2.87. The summed E-state index contributed by atoms with van der Waals surface area (Å²) in [6.07, 6.45) is 9.04. The standard InChI is InChI=1S/C23H33N5O5P/c1-22(2,3)19(29)32-21(33-20(30)23(4,5)6)34(31)12-8-7-11-28-14-26-16-17(27-15-9-10-15)24-13-25-18(16)28/h7-8,13-15,21H,9-12H2,1-6H3,(H,24,25,27)/q+1/b8-7+. The van der Waals surface area contributed by atoms with Crippen molar-refractivity contribution in [3.63, 3.8) is 0 Å². The normalized spacial score (nSPS) is 15.1. The molecule has 0 saturated heterocycles. The minimum atomic E-state index is -2.20. The molecule has 0 bridgehead atoms. The second-order valence-electron chi connectivity index (χ2n) is 10.4. The van der Waals surface area contributed by atoms with E-state index in [1.807, 2.05) is 10.6 Å². The van der Waals surface area contributed by atoms with Gasteiger partial charge in [-0.3, -0.25) is 9.59 Å². The molecule has 1 aliphatic rings. The van der Waals surface area contributed by atoms with E-state index in [1.54, 1.807) is 53.9 Å². The van der Waals surface area contributed by atoms with Gasteiger partial charge in [-0.2, -0.15) is 0 Å². The number of anilines is 1. The molecule has 1 aliphatic carbocycles. The Labute approximate surface area is 200 Å². The molecule has 1 saturated carbocycles. The van der Waals surface area contributed by atoms with Gasteiger partial charge in [-0.25, -0.2) is 15.0 Å². The van der Waals surface area contributed by atoms with E-state index in [0.29, 0.717) is 23.8 Å². The van der Waals surface area contributed by atoms with E-state index in [4.69, 9.17) is 9.47 Å². The maximum Gasteiger partial charge on any atom is 0.451 e. The lowest BCUT2D eigenvalue weighted by atomic mass is 9.97. The van der Waals surface area contributed by atoms with Gasteiger partial charge in [0.1, 0.15) is 11.8 Å². The number of esters is 2. The fourth-order valence-electron chi connectivity index (χ4n) is 2.67. The smallest absolute Gasteiger partial charge is 0.384 e. The van der Waals surface area contributed by atoms with Crippen LogP contribution in [0.3, 0.4) is 0 Å². The average molecular weight is 491 g/mol. The van der Waals surface area contributed by atoms with Crippen molar-refractivity contribution in [2.45, 2.75) is 73.0 Å². The van der Waals surface area contributed by atoms with Gasteiger partial charge in [0.15, 0.2) is 17.6 Å². The molecule has 0 amide bonds. The molecule has 0 aromatic carbocycles. The number of nitrogens with zero attached hydrogens (tertiary/aromatic N) is 4. The Morgan fingerprint density at radius 2 is 1.71 bits per heavy atom. The fourth-order valence-corrected chi connectivity index (χ4v) is 3.63. The number of carbonyl (C=O) groups excluding carboxylic acids is 2. The highest BCUT2D eigenvalue weighted by Crippen LogP contribution is 2.34. The van der Waals surface area contributed by atoms with E-state index in [2.05, 4.69) is 20.3 Å². The molecule has 184 valence electrons. The lowest BCUT2D eigenvalue weighted by Crippen LogP contribution is -2.33. The number of aromatic nitrogens is 4. The Morgan fingerprint density at radius 3 is 2.26 bits per heavy atom. The van der Waals surface area contributed by atoms with Crippen molar-refractivity contribution >= 4 is 36.7 Å². The molecule has 2 aromatic rings. The number of carbonyl (C=O) groups is 2. The molecule has 2 heterocycles. The van der Waals surface area contributed by atoms with Crippen molar-refractivity contribution in [3.8, 4) is 0 Å². The van der Waals surface area contributed by atoms with Crippen LogP contribution in [0.2, 0.25) is 0 Å². The minimum Gasteiger partial charge on any atom is -0.384 e. The molecule has 0 aliphatic heterocycles. The highest BCUT2D eigenvalue weighted by Gasteiger charge is 2.41. The second-order valence-corrected chi connectivity index (χ2v) is 12.0. The third-order valence-electron chi connectivity index (χ3n) is 4.95. The Bertz CT molecular complexity index is 1070. The van der Waals surface area contributed by atoms with Gasteiger partial charge >= 0.3 is 25.8 Å². The van der Waals surface area contributed by atoms with E-state index in [9.17, 15) is 14.2 Å². The summed E-state index contributed by atoms with van der Waals surface area (Å²) in [6, 6.07) is -0.997. The van der Waals surface area contributed by atoms with Crippen LogP contribution in [0.1, 0.15) is 54.4 Å². The third kappa shape index (κ3) is 6.82. The van der Waals surface area contributed by atoms with Gasteiger partial charge in [0, 0.05) is 12.6 Å². The highest BCUT2D eigenvalue weighted by molar-refractivity contribution is 7.45. The molecular weight excluding hydrogens is 457 g/mol. The SMILES string of the molecule is CC(C)(C)C(=O)OC(OC(=O)C(C)(C)C)[P+](=O)C/C=C/Cn1cnc2c(NC3CC3)ncnc21. The van der Waals surface area contributed by atoms with Gasteiger partial charge in [-0.05, 0) is 60.5 Å². The molecule has 1 unspecified atom stereocenters. The third-order valence-corrected chi connectivity index (χ3v) is 6.20. The summed E-state index contributed by atoms with van der Waals surface area (Å²) in [4.78, 5) is 37.7. The molecule has 10 nitrogen and oxygen atoms in total. The van der Waals surface area contributed by atoms with E-state index in [1.165, 1.54) is 6.33 Å². The van der Waals surface area contributed by atoms with Crippen LogP contribution in [0, 0.1) is 10.8 Å². The van der Waals surface area contributed by atoms with Crippen LogP contribution in [-0.4, -0.2) is 49.7 Å². The summed E-state index contributed by atoms with van der Waals surface area (Å²) in [7, 11) is -2.20. The zero-order chi connectivity index (χ0) is 25.1. The minimum absolute atomic E-state index is 0.0744. The number of allylic oxidation sites excluding steroid dienone is 2. The molecule has 34 heavy (non-hydrogen) atoms. The number of hydrogen-bond donors (Lipinski definition) is 1. The zero-order valence-electron chi connectivity index (χ0n) is 20.6. The molecule has 1 atom stereocenters. The molecule has 2 aromatic heterocycles. The molecule has 3 rings (SSSR count). The number of fused-ring (bicyclic) bond motifs is 1. The summed E-state index contributed by atoms with van der Waals surface area (Å²) in [6.45, 7) is 10.5. The van der Waals surface area contributed by atoms with E-state index in [-0.39, 0.29) is 6.16 Å². The summed E-state index contributed by atoms with van der Waals surface area (Å²) in [5.41, 5.74) is -0.244. The van der Waals surface area contributed by atoms with Crippen LogP contribution in [0.15, 0.2) is 24.8 Å². The van der Waals surface area contributed by atoms with Crippen LogP contribution in [0.4, 0.5) is 5.82 Å². The van der Waals surface area contributed by atoms with Crippen LogP contribution < -0.4 is 5.32 Å². The van der Waals surface area contributed by atoms with E-state index < -0.39 is 36.6 Å². The highest BCUT2D eigenvalue weighted by atomic mass is 31.1. The maximum atomic E-state index is 12.9. The van der Waals surface area contributed by atoms with Crippen molar-refractivity contribution in [1.82, 2.24) is 19.5 Å². The van der Waals surface area contributed by atoms with E-state index in [0.717, 1.165) is 18.7 Å². The van der Waals surface area contributed by atoms with Gasteiger partial charge in [-0.15, -0.1) is 0 Å². The number of imidazole rings is 1. The van der Waals surface area contributed by atoms with Gasteiger partial charge in [0.2, 0.25) is 0 Å². The number of hydrogen-bond acceptors (Lipinski definition) is 9. The van der Waals surface area contributed by atoms with Crippen molar-refractivity contribution in [3.05, 3.63) is 24.8 Å². The predicted molar refractivity (Wildman–Crippen MR) is 128 cm³/mol. The maximum absolute atomic E-state index is 12.9.